The van der Waals surface area contributed by atoms with Crippen LogP contribution in [0.25, 0.3) is 27.3 Å². The molecule has 5 rings (SSSR count). The number of imidazole rings is 1. The number of aromatic amines is 1. The number of aryl methyl sites for hydroxylation is 1. The lowest BCUT2D eigenvalue weighted by Crippen LogP contribution is -2.34. The Kier molecular flexibility index (Phi) is 5.33. The first kappa shape index (κ1) is 20.0. The third kappa shape index (κ3) is 4.13. The molecule has 1 aliphatic heterocycles. The van der Waals surface area contributed by atoms with Gasteiger partial charge < -0.3 is 5.73 Å². The van der Waals surface area contributed by atoms with E-state index in [0.29, 0.717) is 12.3 Å². The molecule has 0 radical (unpaired) electrons. The Labute approximate surface area is 184 Å². The summed E-state index contributed by atoms with van der Waals surface area (Å²) in [6, 6.07) is 8.56. The number of amides is 1. The molecule has 0 bridgehead atoms. The van der Waals surface area contributed by atoms with E-state index in [-0.39, 0.29) is 5.91 Å². The van der Waals surface area contributed by atoms with Crippen LogP contribution < -0.4 is 5.73 Å². The minimum Gasteiger partial charge on any atom is -0.370 e. The highest BCUT2D eigenvalue weighted by atomic mass is 32.1. The van der Waals surface area contributed by atoms with Crippen LogP contribution in [0.2, 0.25) is 0 Å². The predicted molar refractivity (Wildman–Crippen MR) is 123 cm³/mol. The minimum absolute atomic E-state index is 0.180. The van der Waals surface area contributed by atoms with E-state index < -0.39 is 0 Å². The quantitative estimate of drug-likeness (QED) is 0.482. The molecular formula is C23H26N6OS. The smallest absolute Gasteiger partial charge is 0.217 e. The second-order valence-electron chi connectivity index (χ2n) is 8.35. The zero-order valence-corrected chi connectivity index (χ0v) is 18.4. The number of H-pyrrole nitrogens is 1. The summed E-state index contributed by atoms with van der Waals surface area (Å²) in [4.78, 5) is 20.8. The Bertz CT molecular complexity index is 1210. The van der Waals surface area contributed by atoms with Gasteiger partial charge in [-0.2, -0.15) is 5.10 Å². The van der Waals surface area contributed by atoms with Gasteiger partial charge in [-0.3, -0.25) is 19.2 Å². The lowest BCUT2D eigenvalue weighted by atomic mass is 9.93. The van der Waals surface area contributed by atoms with Crippen molar-refractivity contribution < 1.29 is 4.79 Å². The number of nitrogens with one attached hydrogen (secondary N) is 1. The third-order valence-corrected chi connectivity index (χ3v) is 7.23. The van der Waals surface area contributed by atoms with Crippen LogP contribution in [0.1, 0.15) is 29.8 Å². The molecule has 5 heterocycles. The Morgan fingerprint density at radius 2 is 2.06 bits per heavy atom. The summed E-state index contributed by atoms with van der Waals surface area (Å²) in [5.41, 5.74) is 10.7. The lowest BCUT2D eigenvalue weighted by Gasteiger charge is -2.31. The highest BCUT2D eigenvalue weighted by Gasteiger charge is 2.21. The molecule has 1 saturated heterocycles. The van der Waals surface area contributed by atoms with E-state index in [0.717, 1.165) is 60.6 Å². The van der Waals surface area contributed by atoms with Crippen LogP contribution in [0.15, 0.2) is 42.9 Å². The van der Waals surface area contributed by atoms with E-state index >= 15 is 0 Å². The van der Waals surface area contributed by atoms with E-state index in [9.17, 15) is 4.79 Å². The molecule has 3 N–H and O–H groups in total. The summed E-state index contributed by atoms with van der Waals surface area (Å²) in [7, 11) is 0. The summed E-state index contributed by atoms with van der Waals surface area (Å²) in [5, 5.41) is 7.16. The fourth-order valence-electron chi connectivity index (χ4n) is 4.42. The van der Waals surface area contributed by atoms with Crippen LogP contribution in [0.3, 0.4) is 0 Å². The summed E-state index contributed by atoms with van der Waals surface area (Å²) in [6.07, 6.45) is 8.56. The van der Waals surface area contributed by atoms with Crippen molar-refractivity contribution in [3.05, 3.63) is 53.4 Å². The summed E-state index contributed by atoms with van der Waals surface area (Å²) < 4.78 is 2.16. The molecule has 160 valence electrons. The maximum Gasteiger partial charge on any atom is 0.217 e. The van der Waals surface area contributed by atoms with Gasteiger partial charge in [-0.25, -0.2) is 4.98 Å². The molecule has 0 saturated carbocycles. The van der Waals surface area contributed by atoms with Crippen LogP contribution in [0.5, 0.6) is 0 Å². The third-order valence-electron chi connectivity index (χ3n) is 6.14. The van der Waals surface area contributed by atoms with E-state index in [1.54, 1.807) is 0 Å². The number of rotatable bonds is 6. The van der Waals surface area contributed by atoms with Crippen molar-refractivity contribution in [2.75, 3.05) is 13.1 Å². The molecule has 8 heteroatoms. The highest BCUT2D eigenvalue weighted by molar-refractivity contribution is 7.15. The maximum atomic E-state index is 11.2. The average molecular weight is 435 g/mol. The topological polar surface area (TPSA) is 92.3 Å². The number of piperidine rings is 1. The second-order valence-corrected chi connectivity index (χ2v) is 9.52. The standard InChI is InChI=1S/C23H26N6OS/c1-15-19(11-26-27-15)17-2-5-23-25-12-20(29(23)13-17)21-4-3-18(31-21)14-28-8-6-16(7-9-28)10-22(24)30/h2-5,11-13,16H,6-10,14H2,1H3,(H2,24,30)(H,26,27). The number of likely N-dealkylation sites (tertiary alicyclic amines) is 1. The maximum absolute atomic E-state index is 11.2. The number of pyridine rings is 1. The number of hydrogen-bond acceptors (Lipinski definition) is 5. The first-order chi connectivity index (χ1) is 15.1. The van der Waals surface area contributed by atoms with Gasteiger partial charge in [0.1, 0.15) is 5.65 Å². The monoisotopic (exact) mass is 434 g/mol. The molecule has 0 atom stereocenters. The van der Waals surface area contributed by atoms with Crippen molar-refractivity contribution in [2.24, 2.45) is 11.7 Å². The number of carbonyl (C=O) groups excluding carboxylic acids is 1. The summed E-state index contributed by atoms with van der Waals surface area (Å²) >= 11 is 1.82. The number of hydrogen-bond donors (Lipinski definition) is 2. The molecule has 1 amide bonds. The molecule has 31 heavy (non-hydrogen) atoms. The first-order valence-corrected chi connectivity index (χ1v) is 11.5. The fraction of sp³-hybridized carbons (Fsp3) is 0.348. The summed E-state index contributed by atoms with van der Waals surface area (Å²) in [6.45, 7) is 5.02. The van der Waals surface area contributed by atoms with Crippen molar-refractivity contribution in [1.82, 2.24) is 24.5 Å². The van der Waals surface area contributed by atoms with Gasteiger partial charge in [0.15, 0.2) is 0 Å². The van der Waals surface area contributed by atoms with Crippen LogP contribution >= 0.6 is 11.3 Å². The summed E-state index contributed by atoms with van der Waals surface area (Å²) in [5.74, 6) is 0.263. The van der Waals surface area contributed by atoms with Crippen molar-refractivity contribution in [3.8, 4) is 21.7 Å². The van der Waals surface area contributed by atoms with Crippen LogP contribution in [-0.4, -0.2) is 43.5 Å². The second kappa shape index (κ2) is 8.28. The molecule has 0 aromatic carbocycles. The molecular weight excluding hydrogens is 408 g/mol. The van der Waals surface area contributed by atoms with Crippen molar-refractivity contribution in [2.45, 2.75) is 32.7 Å². The normalized spacial score (nSPS) is 15.6. The van der Waals surface area contributed by atoms with Gasteiger partial charge in [-0.15, -0.1) is 11.3 Å². The number of carbonyl (C=O) groups is 1. The van der Waals surface area contributed by atoms with Crippen LogP contribution in [0.4, 0.5) is 0 Å². The Balaban J connectivity index is 1.33. The first-order valence-electron chi connectivity index (χ1n) is 10.6. The van der Waals surface area contributed by atoms with Gasteiger partial charge in [0, 0.05) is 40.9 Å². The average Bonchev–Trinajstić information content (AvgIpc) is 3.48. The molecule has 1 aliphatic rings. The van der Waals surface area contributed by atoms with Crippen molar-refractivity contribution in [1.29, 1.82) is 0 Å². The minimum atomic E-state index is -0.180. The Morgan fingerprint density at radius 3 is 2.81 bits per heavy atom. The van der Waals surface area contributed by atoms with Gasteiger partial charge in [-0.05, 0) is 63.0 Å². The van der Waals surface area contributed by atoms with E-state index in [2.05, 4.69) is 54.9 Å². The number of fused-ring (bicyclic) bond motifs is 1. The SMILES string of the molecule is Cc1[nH]ncc1-c1ccc2ncc(-c3ccc(CN4CCC(CC(N)=O)CC4)s3)n2c1. The molecule has 4 aromatic heterocycles. The van der Waals surface area contributed by atoms with Crippen LogP contribution in [0, 0.1) is 12.8 Å². The van der Waals surface area contributed by atoms with Crippen molar-refractivity contribution >= 4 is 22.9 Å². The van der Waals surface area contributed by atoms with Gasteiger partial charge in [0.2, 0.25) is 5.91 Å². The zero-order valence-electron chi connectivity index (χ0n) is 17.5. The number of aromatic nitrogens is 4. The predicted octanol–water partition coefficient (Wildman–Crippen LogP) is 3.85. The lowest BCUT2D eigenvalue weighted by molar-refractivity contribution is -0.119. The number of thiophene rings is 1. The zero-order chi connectivity index (χ0) is 21.4. The fourth-order valence-corrected chi connectivity index (χ4v) is 5.48. The van der Waals surface area contributed by atoms with Gasteiger partial charge >= 0.3 is 0 Å². The molecule has 0 unspecified atom stereocenters. The van der Waals surface area contributed by atoms with Gasteiger partial charge in [0.25, 0.3) is 0 Å². The molecule has 0 spiro atoms. The number of nitrogens with two attached hydrogens (primary N) is 1. The van der Waals surface area contributed by atoms with Crippen LogP contribution in [-0.2, 0) is 11.3 Å². The van der Waals surface area contributed by atoms with E-state index in [1.165, 1.54) is 9.75 Å². The largest absolute Gasteiger partial charge is 0.370 e. The van der Waals surface area contributed by atoms with E-state index in [1.807, 2.05) is 30.7 Å². The van der Waals surface area contributed by atoms with Crippen molar-refractivity contribution in [3.63, 3.8) is 0 Å². The molecule has 1 fully saturated rings. The van der Waals surface area contributed by atoms with E-state index in [4.69, 9.17) is 5.73 Å². The Morgan fingerprint density at radius 1 is 1.23 bits per heavy atom. The van der Waals surface area contributed by atoms with Gasteiger partial charge in [0.05, 0.1) is 23.0 Å². The Hall–Kier alpha value is -2.97. The number of nitrogens with zero attached hydrogens (tertiary/aromatic N) is 4. The van der Waals surface area contributed by atoms with Gasteiger partial charge in [-0.1, -0.05) is 0 Å². The molecule has 4 aromatic rings. The molecule has 7 nitrogen and oxygen atoms in total. The highest BCUT2D eigenvalue weighted by Crippen LogP contribution is 2.32. The number of primary amides is 1. The molecule has 0 aliphatic carbocycles.